The molecule has 0 saturated heterocycles. The van der Waals surface area contributed by atoms with Crippen LogP contribution in [-0.2, 0) is 4.79 Å². The maximum Gasteiger partial charge on any atom is 0.141 e. The Morgan fingerprint density at radius 1 is 1.35 bits per heavy atom. The van der Waals surface area contributed by atoms with Crippen LogP contribution >= 0.6 is 0 Å². The molecule has 1 aliphatic heterocycles. The molecule has 1 saturated carbocycles. The van der Waals surface area contributed by atoms with Crippen LogP contribution < -0.4 is 4.74 Å². The molecular weight excluding hydrogens is 212 g/mol. The lowest BCUT2D eigenvalue weighted by molar-refractivity contribution is -0.141. The zero-order valence-corrected chi connectivity index (χ0v) is 10.7. The van der Waals surface area contributed by atoms with Crippen molar-refractivity contribution < 1.29 is 9.53 Å². The van der Waals surface area contributed by atoms with E-state index in [1.807, 2.05) is 0 Å². The normalized spacial score (nSPS) is 30.1. The smallest absolute Gasteiger partial charge is 0.141 e. The Labute approximate surface area is 102 Å². The van der Waals surface area contributed by atoms with E-state index in [1.165, 1.54) is 11.1 Å². The summed E-state index contributed by atoms with van der Waals surface area (Å²) in [6.07, 6.45) is 1.72. The first-order valence-electron chi connectivity index (χ1n) is 6.34. The van der Waals surface area contributed by atoms with Crippen LogP contribution in [0.4, 0.5) is 0 Å². The van der Waals surface area contributed by atoms with E-state index < -0.39 is 0 Å². The first-order chi connectivity index (χ1) is 8.07. The van der Waals surface area contributed by atoms with Gasteiger partial charge in [-0.05, 0) is 37.5 Å². The van der Waals surface area contributed by atoms with Crippen molar-refractivity contribution in [2.24, 2.45) is 5.41 Å². The summed E-state index contributed by atoms with van der Waals surface area (Å²) in [5.74, 6) is 1.41. The van der Waals surface area contributed by atoms with E-state index in [2.05, 4.69) is 32.9 Å². The van der Waals surface area contributed by atoms with E-state index in [0.717, 1.165) is 17.7 Å². The fraction of sp³-hybridized carbons (Fsp3) is 0.533. The summed E-state index contributed by atoms with van der Waals surface area (Å²) in [5.41, 5.74) is 3.70. The average Bonchev–Trinajstić information content (AvgIpc) is 2.28. The fourth-order valence-corrected chi connectivity index (χ4v) is 3.21. The number of hydrogen-bond acceptors (Lipinski definition) is 2. The highest BCUT2D eigenvalue weighted by atomic mass is 16.5. The highest BCUT2D eigenvalue weighted by Crippen LogP contribution is 2.57. The second-order valence-corrected chi connectivity index (χ2v) is 5.55. The molecule has 0 bridgehead atoms. The molecule has 0 amide bonds. The quantitative estimate of drug-likeness (QED) is 0.740. The monoisotopic (exact) mass is 230 g/mol. The van der Waals surface area contributed by atoms with E-state index >= 15 is 0 Å². The van der Waals surface area contributed by atoms with Gasteiger partial charge in [0.2, 0.25) is 0 Å². The summed E-state index contributed by atoms with van der Waals surface area (Å²) in [6.45, 7) is 7.05. The first-order valence-corrected chi connectivity index (χ1v) is 6.34. The van der Waals surface area contributed by atoms with Gasteiger partial charge in [-0.1, -0.05) is 13.0 Å². The third-order valence-electron chi connectivity index (χ3n) is 4.62. The minimum Gasteiger partial charge on any atom is -0.493 e. The molecule has 1 aromatic rings. The van der Waals surface area contributed by atoms with Crippen molar-refractivity contribution in [2.45, 2.75) is 39.5 Å². The Balaban J connectivity index is 2.13. The average molecular weight is 230 g/mol. The van der Waals surface area contributed by atoms with Gasteiger partial charge in [-0.2, -0.15) is 0 Å². The molecule has 0 aromatic heterocycles. The molecule has 2 aliphatic rings. The maximum atomic E-state index is 11.9. The highest BCUT2D eigenvalue weighted by Gasteiger charge is 2.56. The van der Waals surface area contributed by atoms with Crippen LogP contribution in [0.2, 0.25) is 0 Å². The van der Waals surface area contributed by atoms with Gasteiger partial charge in [0.15, 0.2) is 0 Å². The molecule has 1 heterocycles. The molecule has 1 aliphatic carbocycles. The zero-order valence-electron chi connectivity index (χ0n) is 10.7. The predicted molar refractivity (Wildman–Crippen MR) is 66.5 cm³/mol. The van der Waals surface area contributed by atoms with E-state index in [-0.39, 0.29) is 11.3 Å². The second-order valence-electron chi connectivity index (χ2n) is 5.55. The van der Waals surface area contributed by atoms with Crippen molar-refractivity contribution in [1.82, 2.24) is 0 Å². The molecule has 0 N–H and O–H groups in total. The lowest BCUT2D eigenvalue weighted by atomic mass is 9.55. The molecule has 2 heteroatoms. The predicted octanol–water partition coefficient (Wildman–Crippen LogP) is 3.15. The summed E-state index contributed by atoms with van der Waals surface area (Å²) in [6, 6.07) is 4.23. The van der Waals surface area contributed by atoms with Gasteiger partial charge in [-0.25, -0.2) is 0 Å². The number of ether oxygens (including phenoxy) is 1. The fourth-order valence-electron chi connectivity index (χ4n) is 3.21. The van der Waals surface area contributed by atoms with Gasteiger partial charge in [-0.15, -0.1) is 0 Å². The topological polar surface area (TPSA) is 26.3 Å². The number of ketones is 1. The van der Waals surface area contributed by atoms with Crippen LogP contribution in [0.5, 0.6) is 5.75 Å². The molecule has 0 radical (unpaired) electrons. The van der Waals surface area contributed by atoms with E-state index in [0.29, 0.717) is 18.8 Å². The van der Waals surface area contributed by atoms with Gasteiger partial charge in [0, 0.05) is 17.4 Å². The minimum atomic E-state index is 0.0891. The Hall–Kier alpha value is -1.31. The molecule has 1 aromatic carbocycles. The summed E-state index contributed by atoms with van der Waals surface area (Å²) in [7, 11) is 0. The van der Waals surface area contributed by atoms with Gasteiger partial charge in [-0.3, -0.25) is 4.79 Å². The molecule has 3 rings (SSSR count). The summed E-state index contributed by atoms with van der Waals surface area (Å²) < 4.78 is 5.88. The van der Waals surface area contributed by atoms with Crippen LogP contribution in [0.15, 0.2) is 12.1 Å². The maximum absolute atomic E-state index is 11.9. The summed E-state index contributed by atoms with van der Waals surface area (Å²) in [4.78, 5) is 11.9. The Morgan fingerprint density at radius 2 is 2.06 bits per heavy atom. The molecule has 90 valence electrons. The van der Waals surface area contributed by atoms with Gasteiger partial charge in [0.25, 0.3) is 0 Å². The number of carbonyl (C=O) groups is 1. The number of fused-ring (bicyclic) bond motifs is 3. The SMILES string of the molecule is CC[C@]12COc3cc(C)c(C)cc3[C@H]1C(=O)C2. The number of benzene rings is 1. The Bertz CT molecular complexity index is 504. The molecule has 2 nitrogen and oxygen atoms in total. The number of hydrogen-bond donors (Lipinski definition) is 0. The lowest BCUT2D eigenvalue weighted by Crippen LogP contribution is -2.52. The van der Waals surface area contributed by atoms with Crippen molar-refractivity contribution in [3.8, 4) is 5.75 Å². The van der Waals surface area contributed by atoms with Crippen molar-refractivity contribution in [2.75, 3.05) is 6.61 Å². The van der Waals surface area contributed by atoms with Crippen LogP contribution in [0.3, 0.4) is 0 Å². The number of rotatable bonds is 1. The van der Waals surface area contributed by atoms with Crippen LogP contribution in [0.25, 0.3) is 0 Å². The van der Waals surface area contributed by atoms with Gasteiger partial charge < -0.3 is 4.74 Å². The minimum absolute atomic E-state index is 0.0891. The highest BCUT2D eigenvalue weighted by molar-refractivity contribution is 5.95. The Kier molecular flexibility index (Phi) is 2.13. The third kappa shape index (κ3) is 1.30. The Morgan fingerprint density at radius 3 is 2.71 bits per heavy atom. The molecule has 0 unspecified atom stereocenters. The van der Waals surface area contributed by atoms with E-state index in [1.54, 1.807) is 0 Å². The molecule has 17 heavy (non-hydrogen) atoms. The van der Waals surface area contributed by atoms with Crippen molar-refractivity contribution in [3.63, 3.8) is 0 Å². The molecule has 2 atom stereocenters. The van der Waals surface area contributed by atoms with Crippen LogP contribution in [-0.4, -0.2) is 12.4 Å². The van der Waals surface area contributed by atoms with Crippen molar-refractivity contribution in [3.05, 3.63) is 28.8 Å². The molecule has 1 fully saturated rings. The van der Waals surface area contributed by atoms with Crippen LogP contribution in [0, 0.1) is 19.3 Å². The van der Waals surface area contributed by atoms with E-state index in [4.69, 9.17) is 4.74 Å². The van der Waals surface area contributed by atoms with Crippen molar-refractivity contribution >= 4 is 5.78 Å². The third-order valence-corrected chi connectivity index (χ3v) is 4.62. The number of Topliss-reactive ketones (excluding diaryl/α,β-unsaturated/α-hetero) is 1. The number of aryl methyl sites for hydroxylation is 2. The van der Waals surface area contributed by atoms with Crippen LogP contribution in [0.1, 0.15) is 42.4 Å². The standard InChI is InChI=1S/C15H18O2/c1-4-15-7-12(16)14(15)11-5-9(2)10(3)6-13(11)17-8-15/h5-6,14H,4,7-8H2,1-3H3/t14-,15-/m0/s1. The lowest BCUT2D eigenvalue weighted by Gasteiger charge is -2.51. The largest absolute Gasteiger partial charge is 0.493 e. The zero-order chi connectivity index (χ0) is 12.2. The molecule has 0 spiro atoms. The van der Waals surface area contributed by atoms with E-state index in [9.17, 15) is 4.79 Å². The van der Waals surface area contributed by atoms with Crippen molar-refractivity contribution in [1.29, 1.82) is 0 Å². The van der Waals surface area contributed by atoms with Gasteiger partial charge >= 0.3 is 0 Å². The first kappa shape index (κ1) is 10.8. The number of carbonyl (C=O) groups excluding carboxylic acids is 1. The van der Waals surface area contributed by atoms with Gasteiger partial charge in [0.1, 0.15) is 11.5 Å². The second kappa shape index (κ2) is 3.34. The molecular formula is C15H18O2. The summed E-state index contributed by atoms with van der Waals surface area (Å²) in [5, 5.41) is 0. The van der Waals surface area contributed by atoms with Gasteiger partial charge in [0.05, 0.1) is 12.5 Å². The summed E-state index contributed by atoms with van der Waals surface area (Å²) >= 11 is 0.